The van der Waals surface area contributed by atoms with Gasteiger partial charge in [0.2, 0.25) is 0 Å². The molecule has 0 radical (unpaired) electrons. The number of benzene rings is 6. The smallest absolute Gasteiger partial charge is 0.135 e. The Kier molecular flexibility index (Phi) is 11.7. The molecular weight excluding hydrogens is 978 g/mol. The van der Waals surface area contributed by atoms with Crippen LogP contribution in [0.2, 0.25) is 19.6 Å². The standard InChI is InChI=1S/C57H60N5Si.Pt/c1-55(2,3)39-29-30-58-54(34-39)62-52-36-45(25-27-48(52)49-28-26-47(37-53(49)62)63(10,11)12)61(42-19-14-13-15-20-42)44-22-18-21-43(35-44)59-38-60(51-24-17-16-23-50(51)59)46-32-40(56(4,5)6)31-41(33-46)57(7,8)9;/h13-34,37-38H,1-12H3;/q-3;. The van der Waals surface area contributed by atoms with Gasteiger partial charge in [0.1, 0.15) is 5.82 Å². The van der Waals surface area contributed by atoms with Crippen molar-refractivity contribution in [3.63, 3.8) is 0 Å². The van der Waals surface area contributed by atoms with Gasteiger partial charge in [0.05, 0.1) is 8.07 Å². The first-order valence-electron chi connectivity index (χ1n) is 22.3. The number of pyridine rings is 1. The van der Waals surface area contributed by atoms with Crippen LogP contribution in [0.4, 0.5) is 39.8 Å². The van der Waals surface area contributed by atoms with Gasteiger partial charge in [-0.3, -0.25) is 0 Å². The Morgan fingerprint density at radius 2 is 1.17 bits per heavy atom. The van der Waals surface area contributed by atoms with Crippen molar-refractivity contribution in [2.75, 3.05) is 14.7 Å². The fraction of sp³-hybridized carbons (Fsp3) is 0.263. The first-order chi connectivity index (χ1) is 29.8. The van der Waals surface area contributed by atoms with E-state index in [0.29, 0.717) is 0 Å². The molecular formula is C57H60N5PtSi-3. The third-order valence-electron chi connectivity index (χ3n) is 12.4. The summed E-state index contributed by atoms with van der Waals surface area (Å²) in [6, 6.07) is 56.6. The molecule has 0 atom stereocenters. The molecule has 0 fully saturated rings. The summed E-state index contributed by atoms with van der Waals surface area (Å²) in [5, 5.41) is 3.77. The molecule has 0 spiro atoms. The average molecular weight is 1040 g/mol. The van der Waals surface area contributed by atoms with Crippen LogP contribution in [0.15, 0.2) is 140 Å². The second-order valence-corrected chi connectivity index (χ2v) is 26.4. The molecule has 64 heavy (non-hydrogen) atoms. The van der Waals surface area contributed by atoms with E-state index in [-0.39, 0.29) is 37.3 Å². The van der Waals surface area contributed by atoms with Crippen molar-refractivity contribution >= 4 is 74.9 Å². The van der Waals surface area contributed by atoms with E-state index >= 15 is 0 Å². The second-order valence-electron chi connectivity index (χ2n) is 21.3. The number of anilines is 7. The van der Waals surface area contributed by atoms with Gasteiger partial charge in [0.15, 0.2) is 0 Å². The normalized spacial score (nSPS) is 13.4. The molecule has 0 unspecified atom stereocenters. The summed E-state index contributed by atoms with van der Waals surface area (Å²) in [6.45, 7) is 30.0. The first-order valence-corrected chi connectivity index (χ1v) is 25.8. The summed E-state index contributed by atoms with van der Waals surface area (Å²) in [5.74, 6) is 0.902. The molecule has 7 heteroatoms. The molecule has 0 amide bonds. The fourth-order valence-electron chi connectivity index (χ4n) is 8.60. The Morgan fingerprint density at radius 1 is 0.562 bits per heavy atom. The minimum Gasteiger partial charge on any atom is -0.493 e. The van der Waals surface area contributed by atoms with Crippen LogP contribution >= 0.6 is 0 Å². The van der Waals surface area contributed by atoms with E-state index in [2.05, 4.69) is 253 Å². The predicted molar refractivity (Wildman–Crippen MR) is 271 cm³/mol. The van der Waals surface area contributed by atoms with Crippen LogP contribution in [0, 0.1) is 18.8 Å². The summed E-state index contributed by atoms with van der Waals surface area (Å²) in [4.78, 5) is 11.9. The molecule has 2 aromatic heterocycles. The largest absolute Gasteiger partial charge is 0.493 e. The van der Waals surface area contributed by atoms with Gasteiger partial charge in [-0.2, -0.15) is 12.1 Å². The molecule has 0 N–H and O–H groups in total. The zero-order valence-electron chi connectivity index (χ0n) is 39.4. The quantitative estimate of drug-likeness (QED) is 0.117. The summed E-state index contributed by atoms with van der Waals surface area (Å²) in [7, 11) is -1.63. The Labute approximate surface area is 397 Å². The van der Waals surface area contributed by atoms with Gasteiger partial charge in [0, 0.05) is 55.5 Å². The molecule has 0 saturated carbocycles. The fourth-order valence-corrected chi connectivity index (χ4v) is 9.75. The number of fused-ring (bicyclic) bond motifs is 4. The maximum absolute atomic E-state index is 5.04. The van der Waals surface area contributed by atoms with Gasteiger partial charge in [-0.05, 0) is 92.9 Å². The number of rotatable bonds is 7. The van der Waals surface area contributed by atoms with Gasteiger partial charge < -0.3 is 19.3 Å². The molecule has 1 aliphatic rings. The zero-order chi connectivity index (χ0) is 44.6. The average Bonchev–Trinajstić information content (AvgIpc) is 3.79. The van der Waals surface area contributed by atoms with Crippen LogP contribution in [0.25, 0.3) is 27.6 Å². The van der Waals surface area contributed by atoms with E-state index in [1.807, 2.05) is 6.20 Å². The molecule has 0 saturated heterocycles. The van der Waals surface area contributed by atoms with Gasteiger partial charge in [0.25, 0.3) is 0 Å². The van der Waals surface area contributed by atoms with Gasteiger partial charge >= 0.3 is 0 Å². The third-order valence-corrected chi connectivity index (χ3v) is 14.5. The monoisotopic (exact) mass is 1040 g/mol. The first kappa shape index (κ1) is 45.2. The van der Waals surface area contributed by atoms with Crippen molar-refractivity contribution < 1.29 is 21.1 Å². The Morgan fingerprint density at radius 3 is 1.81 bits per heavy atom. The molecule has 6 aromatic carbocycles. The molecule has 0 bridgehead atoms. The summed E-state index contributed by atoms with van der Waals surface area (Å²) < 4.78 is 2.33. The van der Waals surface area contributed by atoms with Crippen LogP contribution in [0.5, 0.6) is 0 Å². The second kappa shape index (κ2) is 16.5. The van der Waals surface area contributed by atoms with Crippen molar-refractivity contribution in [1.29, 1.82) is 0 Å². The van der Waals surface area contributed by atoms with E-state index in [4.69, 9.17) is 4.98 Å². The number of para-hydroxylation sites is 3. The molecule has 8 aromatic rings. The third kappa shape index (κ3) is 8.48. The Bertz CT molecular complexity index is 2960. The van der Waals surface area contributed by atoms with Crippen LogP contribution in [-0.2, 0) is 37.3 Å². The molecule has 5 nitrogen and oxygen atoms in total. The molecule has 0 aliphatic carbocycles. The van der Waals surface area contributed by atoms with Crippen LogP contribution < -0.4 is 19.9 Å². The molecule has 9 rings (SSSR count). The van der Waals surface area contributed by atoms with Crippen molar-refractivity contribution in [3.8, 4) is 5.82 Å². The summed E-state index contributed by atoms with van der Waals surface area (Å²) in [6.07, 6.45) is 1.95. The number of nitrogens with zero attached hydrogens (tertiary/aromatic N) is 5. The SMILES string of the molecule is CC(C)(C)c1cc(N2[CH-]N(c3[c-]c(N(c4[c-]c5c(cc4)c4ccc([Si](C)(C)C)cc4n5-c4cc(C(C)(C)C)ccn4)c4ccccc4)ccc3)c3ccccc32)cc(C(C)(C)C)c1.[Pt]. The van der Waals surface area contributed by atoms with E-state index < -0.39 is 8.07 Å². The minimum atomic E-state index is -1.63. The number of aromatic nitrogens is 2. The topological polar surface area (TPSA) is 27.5 Å². The maximum atomic E-state index is 5.04. The summed E-state index contributed by atoms with van der Waals surface area (Å²) >= 11 is 0. The maximum Gasteiger partial charge on any atom is 0.135 e. The minimum absolute atomic E-state index is 0. The predicted octanol–water partition coefficient (Wildman–Crippen LogP) is 15.1. The van der Waals surface area contributed by atoms with E-state index in [1.54, 1.807) is 0 Å². The van der Waals surface area contributed by atoms with Crippen LogP contribution in [0.1, 0.15) is 79.0 Å². The number of hydrogen-bond donors (Lipinski definition) is 0. The summed E-state index contributed by atoms with van der Waals surface area (Å²) in [5.41, 5.74) is 13.2. The molecule has 3 heterocycles. The van der Waals surface area contributed by atoms with Gasteiger partial charge in [-0.15, -0.1) is 48.1 Å². The Balaban J connectivity index is 0.00000560. The van der Waals surface area contributed by atoms with Gasteiger partial charge in [-0.25, -0.2) is 4.98 Å². The zero-order valence-corrected chi connectivity index (χ0v) is 42.7. The molecule has 1 aliphatic heterocycles. The Hall–Kier alpha value is -5.42. The number of hydrogen-bond acceptors (Lipinski definition) is 4. The van der Waals surface area contributed by atoms with Crippen LogP contribution in [0.3, 0.4) is 0 Å². The van der Waals surface area contributed by atoms with Crippen molar-refractivity contribution in [2.24, 2.45) is 0 Å². The van der Waals surface area contributed by atoms with E-state index in [0.717, 1.165) is 62.0 Å². The van der Waals surface area contributed by atoms with Crippen molar-refractivity contribution in [1.82, 2.24) is 9.55 Å². The van der Waals surface area contributed by atoms with Crippen molar-refractivity contribution in [3.05, 3.63) is 175 Å². The molecule has 330 valence electrons. The van der Waals surface area contributed by atoms with Gasteiger partial charge in [-0.1, -0.05) is 153 Å². The van der Waals surface area contributed by atoms with E-state index in [1.165, 1.54) is 27.3 Å². The van der Waals surface area contributed by atoms with Crippen molar-refractivity contribution in [2.45, 2.75) is 98.2 Å². The van der Waals surface area contributed by atoms with E-state index in [9.17, 15) is 0 Å². The van der Waals surface area contributed by atoms with Crippen LogP contribution in [-0.4, -0.2) is 17.6 Å².